The van der Waals surface area contributed by atoms with Gasteiger partial charge in [0.2, 0.25) is 0 Å². The van der Waals surface area contributed by atoms with E-state index in [0.717, 1.165) is 0 Å². The van der Waals surface area contributed by atoms with E-state index in [1.54, 1.807) is 18.2 Å². The number of alkyl halides is 3. The third-order valence-corrected chi connectivity index (χ3v) is 7.78. The summed E-state index contributed by atoms with van der Waals surface area (Å²) in [5.41, 5.74) is 0.278. The molecule has 1 aliphatic rings. The van der Waals surface area contributed by atoms with Gasteiger partial charge in [0.05, 0.1) is 19.1 Å². The fourth-order valence-electron chi connectivity index (χ4n) is 4.05. The molecule has 1 N–H and O–H groups in total. The smallest absolute Gasteiger partial charge is 0.408 e. The largest absolute Gasteiger partial charge is 0.497 e. The molecule has 32 heavy (non-hydrogen) atoms. The van der Waals surface area contributed by atoms with Crippen LogP contribution >= 0.6 is 27.7 Å². The molecule has 3 aromatic carbocycles. The normalized spacial score (nSPS) is 22.8. The summed E-state index contributed by atoms with van der Waals surface area (Å²) in [6.45, 7) is 0. The zero-order valence-electron chi connectivity index (χ0n) is 16.8. The van der Waals surface area contributed by atoms with E-state index in [0.29, 0.717) is 32.4 Å². The summed E-state index contributed by atoms with van der Waals surface area (Å²) in [6.07, 6.45) is -6.49. The van der Waals surface area contributed by atoms with Gasteiger partial charge in [-0.1, -0.05) is 46.3 Å². The number of methoxy groups -OCH3 is 1. The average Bonchev–Trinajstić information content (AvgIpc) is 2.78. The Morgan fingerprint density at radius 3 is 2.25 bits per heavy atom. The maximum absolute atomic E-state index is 15.0. The second-order valence-corrected chi connectivity index (χ2v) is 9.60. The van der Waals surface area contributed by atoms with Crippen LogP contribution in [0.25, 0.3) is 0 Å². The van der Waals surface area contributed by atoms with Gasteiger partial charge in [0.15, 0.2) is 10.5 Å². The molecule has 0 saturated carbocycles. The van der Waals surface area contributed by atoms with Crippen LogP contribution in [0.3, 0.4) is 0 Å². The van der Waals surface area contributed by atoms with E-state index in [1.165, 1.54) is 61.7 Å². The lowest BCUT2D eigenvalue weighted by Gasteiger charge is -2.46. The molecule has 0 saturated heterocycles. The number of Topliss-reactive ketones (excluding diaryl/α,β-unsaturated/α-hetero) is 1. The molecule has 166 valence electrons. The first kappa shape index (κ1) is 22.9. The lowest BCUT2D eigenvalue weighted by Crippen LogP contribution is -2.53. The molecule has 0 bridgehead atoms. The van der Waals surface area contributed by atoms with Crippen molar-refractivity contribution in [3.05, 3.63) is 94.0 Å². The summed E-state index contributed by atoms with van der Waals surface area (Å²) in [5.74, 6) is -2.11. The summed E-state index contributed by atoms with van der Waals surface area (Å²) in [7, 11) is 1.46. The first-order valence-corrected chi connectivity index (χ1v) is 11.3. The number of rotatable bonds is 4. The van der Waals surface area contributed by atoms with Crippen LogP contribution in [-0.2, 0) is 4.75 Å². The number of thioether (sulfide) groups is 1. The number of ether oxygens (including phenoxy) is 1. The van der Waals surface area contributed by atoms with Crippen molar-refractivity contribution in [3.63, 3.8) is 0 Å². The van der Waals surface area contributed by atoms with E-state index in [9.17, 15) is 23.1 Å². The Kier molecular flexibility index (Phi) is 6.13. The van der Waals surface area contributed by atoms with Gasteiger partial charge in [-0.3, -0.25) is 4.79 Å². The van der Waals surface area contributed by atoms with E-state index in [-0.39, 0.29) is 11.1 Å². The van der Waals surface area contributed by atoms with Crippen molar-refractivity contribution in [2.75, 3.05) is 7.11 Å². The predicted octanol–water partition coefficient (Wildman–Crippen LogP) is 6.55. The van der Waals surface area contributed by atoms with E-state index in [1.807, 2.05) is 0 Å². The van der Waals surface area contributed by atoms with E-state index in [2.05, 4.69) is 15.9 Å². The summed E-state index contributed by atoms with van der Waals surface area (Å²) >= 11 is 3.82. The number of carbonyl (C=O) groups excluding carboxylic acids is 1. The van der Waals surface area contributed by atoms with Gasteiger partial charge in [-0.25, -0.2) is 0 Å². The topological polar surface area (TPSA) is 46.5 Å². The summed E-state index contributed by atoms with van der Waals surface area (Å²) < 4.78 is 48.0. The highest BCUT2D eigenvalue weighted by Gasteiger charge is 2.67. The lowest BCUT2D eigenvalue weighted by molar-refractivity contribution is -0.180. The number of aliphatic hydroxyl groups excluding tert-OH is 1. The Balaban J connectivity index is 1.97. The summed E-state index contributed by atoms with van der Waals surface area (Å²) in [5, 5.41) is 11.2. The minimum atomic E-state index is -4.84. The Morgan fingerprint density at radius 2 is 1.66 bits per heavy atom. The summed E-state index contributed by atoms with van der Waals surface area (Å²) in [6, 6.07) is 17.9. The van der Waals surface area contributed by atoms with Gasteiger partial charge in [0.1, 0.15) is 5.75 Å². The average molecular weight is 523 g/mol. The molecule has 0 aromatic heterocycles. The predicted molar refractivity (Wildman–Crippen MR) is 120 cm³/mol. The minimum absolute atomic E-state index is 0.0700. The molecule has 0 fully saturated rings. The van der Waals surface area contributed by atoms with Crippen molar-refractivity contribution in [2.45, 2.75) is 21.9 Å². The fraction of sp³-hybridized carbons (Fsp3) is 0.208. The Hall–Kier alpha value is -2.29. The maximum atomic E-state index is 15.0. The van der Waals surface area contributed by atoms with Gasteiger partial charge in [0, 0.05) is 14.9 Å². The highest BCUT2D eigenvalue weighted by molar-refractivity contribution is 9.10. The highest BCUT2D eigenvalue weighted by Crippen LogP contribution is 2.64. The first-order valence-electron chi connectivity index (χ1n) is 9.66. The highest BCUT2D eigenvalue weighted by atomic mass is 79.9. The van der Waals surface area contributed by atoms with Crippen LogP contribution in [-0.4, -0.2) is 24.2 Å². The van der Waals surface area contributed by atoms with Gasteiger partial charge < -0.3 is 9.84 Å². The standard InChI is InChI=1S/C24H18BrF3O3S/c1-31-17-12-6-14(7-13-17)21(29)20-22(30)18-4-2-3-5-19(18)32-23(20,24(26,27)28)15-8-10-16(25)11-9-15/h2-13,20,22,30H,1H3/t20-,22+,23-/m1/s1. The zero-order valence-corrected chi connectivity index (χ0v) is 19.2. The third-order valence-electron chi connectivity index (χ3n) is 5.61. The van der Waals surface area contributed by atoms with Crippen molar-refractivity contribution < 1.29 is 27.8 Å². The molecule has 3 nitrogen and oxygen atoms in total. The molecule has 0 aliphatic carbocycles. The van der Waals surface area contributed by atoms with Crippen molar-refractivity contribution in [1.29, 1.82) is 0 Å². The third kappa shape index (κ3) is 3.74. The minimum Gasteiger partial charge on any atom is -0.497 e. The Labute approximate surface area is 195 Å². The van der Waals surface area contributed by atoms with E-state index < -0.39 is 28.7 Å². The van der Waals surface area contributed by atoms with Crippen LogP contribution in [0.5, 0.6) is 5.75 Å². The number of ketones is 1. The lowest BCUT2D eigenvalue weighted by atomic mass is 9.74. The van der Waals surface area contributed by atoms with Crippen LogP contribution in [0.15, 0.2) is 82.2 Å². The number of carbonyl (C=O) groups is 1. The van der Waals surface area contributed by atoms with Crippen molar-refractivity contribution in [1.82, 2.24) is 0 Å². The van der Waals surface area contributed by atoms with Crippen LogP contribution in [0.1, 0.15) is 27.6 Å². The molecule has 3 atom stereocenters. The molecule has 4 rings (SSSR count). The first-order chi connectivity index (χ1) is 15.2. The van der Waals surface area contributed by atoms with Crippen LogP contribution in [0.2, 0.25) is 0 Å². The molecule has 1 aliphatic heterocycles. The second-order valence-electron chi connectivity index (χ2n) is 7.40. The Bertz CT molecular complexity index is 1130. The number of hydrogen-bond donors (Lipinski definition) is 1. The van der Waals surface area contributed by atoms with E-state index in [4.69, 9.17) is 4.74 Å². The molecule has 0 spiro atoms. The second kappa shape index (κ2) is 8.57. The zero-order chi connectivity index (χ0) is 23.1. The van der Waals surface area contributed by atoms with Gasteiger partial charge in [0.25, 0.3) is 0 Å². The SMILES string of the molecule is COc1ccc(C(=O)[C@@H]2[C@@H](O)c3ccccc3S[C@@]2(c2ccc(Br)cc2)C(F)(F)F)cc1. The molecule has 0 unspecified atom stereocenters. The van der Waals surface area contributed by atoms with Gasteiger partial charge >= 0.3 is 6.18 Å². The van der Waals surface area contributed by atoms with Gasteiger partial charge in [-0.15, -0.1) is 11.8 Å². The van der Waals surface area contributed by atoms with Gasteiger partial charge in [-0.2, -0.15) is 13.2 Å². The number of benzene rings is 3. The van der Waals surface area contributed by atoms with Crippen molar-refractivity contribution in [3.8, 4) is 5.75 Å². The van der Waals surface area contributed by atoms with E-state index >= 15 is 0 Å². The molecular formula is C24H18BrF3O3S. The van der Waals surface area contributed by atoms with Crippen LogP contribution in [0.4, 0.5) is 13.2 Å². The maximum Gasteiger partial charge on any atom is 0.408 e. The molecule has 3 aromatic rings. The molecular weight excluding hydrogens is 505 g/mol. The molecule has 0 amide bonds. The number of hydrogen-bond acceptors (Lipinski definition) is 4. The molecule has 0 radical (unpaired) electrons. The van der Waals surface area contributed by atoms with Crippen molar-refractivity contribution in [2.24, 2.45) is 5.92 Å². The number of aliphatic hydroxyl groups is 1. The quantitative estimate of drug-likeness (QED) is 0.394. The van der Waals surface area contributed by atoms with Crippen LogP contribution < -0.4 is 4.74 Å². The number of halogens is 4. The summed E-state index contributed by atoms with van der Waals surface area (Å²) in [4.78, 5) is 13.9. The molecule has 8 heteroatoms. The van der Waals surface area contributed by atoms with Gasteiger partial charge in [-0.05, 0) is 53.6 Å². The van der Waals surface area contributed by atoms with Crippen molar-refractivity contribution >= 4 is 33.5 Å². The molecule has 1 heterocycles. The monoisotopic (exact) mass is 522 g/mol. The Morgan fingerprint density at radius 1 is 1.03 bits per heavy atom. The number of fused-ring (bicyclic) bond motifs is 1. The fourth-order valence-corrected chi connectivity index (χ4v) is 5.85. The van der Waals surface area contributed by atoms with Crippen LogP contribution in [0, 0.1) is 5.92 Å².